The van der Waals surface area contributed by atoms with Gasteiger partial charge in [-0.1, -0.05) is 37.3 Å². The number of hydrogen-bond donors (Lipinski definition) is 0. The first-order chi connectivity index (χ1) is 10.7. The summed E-state index contributed by atoms with van der Waals surface area (Å²) in [4.78, 5) is 10.2. The van der Waals surface area contributed by atoms with Crippen molar-refractivity contribution in [2.24, 2.45) is 5.41 Å². The summed E-state index contributed by atoms with van der Waals surface area (Å²) in [6, 6.07) is 10.7. The lowest BCUT2D eigenvalue weighted by Gasteiger charge is -2.59. The van der Waals surface area contributed by atoms with Crippen molar-refractivity contribution in [2.75, 3.05) is 18.0 Å². The van der Waals surface area contributed by atoms with Gasteiger partial charge < -0.3 is 4.90 Å². The van der Waals surface area contributed by atoms with Crippen LogP contribution in [0.15, 0.2) is 36.7 Å². The molecule has 1 aromatic heterocycles. The Bertz CT molecular complexity index is 672. The molecule has 4 rings (SSSR count). The van der Waals surface area contributed by atoms with Crippen LogP contribution in [-0.2, 0) is 6.42 Å². The molecule has 0 atom stereocenters. The Hall–Kier alpha value is -1.97. The molecular formula is C18H20FN3. The Morgan fingerprint density at radius 3 is 2.59 bits per heavy atom. The smallest absolute Gasteiger partial charge is 0.187 e. The molecule has 1 saturated carbocycles. The molecule has 2 heterocycles. The van der Waals surface area contributed by atoms with E-state index >= 15 is 0 Å². The fraction of sp³-hybridized carbons (Fsp3) is 0.444. The quantitative estimate of drug-likeness (QED) is 0.867. The standard InChI is InChI=1S/C18H20FN3/c1-2-15-16(19)17(21-12-20-15)22-10-18(11-22)8-14(9-18)13-6-4-3-5-7-13/h3-7,12,14H,2,8-11H2,1H3. The van der Waals surface area contributed by atoms with Crippen molar-refractivity contribution in [1.82, 2.24) is 9.97 Å². The lowest BCUT2D eigenvalue weighted by atomic mass is 9.56. The summed E-state index contributed by atoms with van der Waals surface area (Å²) in [7, 11) is 0. The van der Waals surface area contributed by atoms with Crippen LogP contribution in [0, 0.1) is 11.2 Å². The lowest BCUT2D eigenvalue weighted by molar-refractivity contribution is 0.0620. The molecule has 1 aliphatic carbocycles. The van der Waals surface area contributed by atoms with Gasteiger partial charge in [-0.2, -0.15) is 0 Å². The summed E-state index contributed by atoms with van der Waals surface area (Å²) in [6.45, 7) is 3.77. The fourth-order valence-corrected chi connectivity index (χ4v) is 3.98. The zero-order valence-corrected chi connectivity index (χ0v) is 12.8. The molecule has 0 bridgehead atoms. The third-order valence-corrected chi connectivity index (χ3v) is 5.16. The molecule has 0 radical (unpaired) electrons. The number of nitrogens with zero attached hydrogens (tertiary/aromatic N) is 3. The molecule has 2 aromatic rings. The van der Waals surface area contributed by atoms with Crippen molar-refractivity contribution >= 4 is 5.82 Å². The van der Waals surface area contributed by atoms with Gasteiger partial charge in [0.2, 0.25) is 0 Å². The van der Waals surface area contributed by atoms with E-state index in [1.165, 1.54) is 24.7 Å². The summed E-state index contributed by atoms with van der Waals surface area (Å²) in [6.07, 6.45) is 4.51. The number of aryl methyl sites for hydroxylation is 1. The molecule has 22 heavy (non-hydrogen) atoms. The van der Waals surface area contributed by atoms with Gasteiger partial charge in [0.05, 0.1) is 5.69 Å². The van der Waals surface area contributed by atoms with Gasteiger partial charge in [0, 0.05) is 18.5 Å². The van der Waals surface area contributed by atoms with Gasteiger partial charge in [-0.05, 0) is 30.7 Å². The van der Waals surface area contributed by atoms with Gasteiger partial charge in [0.15, 0.2) is 11.6 Å². The summed E-state index contributed by atoms with van der Waals surface area (Å²) in [5.74, 6) is 0.921. The molecule has 1 aliphatic heterocycles. The van der Waals surface area contributed by atoms with Crippen LogP contribution in [0.25, 0.3) is 0 Å². The highest BCUT2D eigenvalue weighted by molar-refractivity contribution is 5.46. The maximum absolute atomic E-state index is 14.3. The fourth-order valence-electron chi connectivity index (χ4n) is 3.98. The predicted molar refractivity (Wildman–Crippen MR) is 84.4 cm³/mol. The normalized spacial score (nSPS) is 19.8. The van der Waals surface area contributed by atoms with Gasteiger partial charge in [-0.3, -0.25) is 0 Å². The molecule has 3 nitrogen and oxygen atoms in total. The Kier molecular flexibility index (Phi) is 3.13. The van der Waals surface area contributed by atoms with Crippen LogP contribution in [0.3, 0.4) is 0 Å². The summed E-state index contributed by atoms with van der Waals surface area (Å²) < 4.78 is 14.3. The van der Waals surface area contributed by atoms with E-state index in [4.69, 9.17) is 0 Å². The van der Waals surface area contributed by atoms with E-state index in [-0.39, 0.29) is 5.82 Å². The molecule has 1 aromatic carbocycles. The first kappa shape index (κ1) is 13.7. The maximum Gasteiger partial charge on any atom is 0.187 e. The van der Waals surface area contributed by atoms with E-state index in [1.807, 2.05) is 6.92 Å². The number of rotatable bonds is 3. The first-order valence-electron chi connectivity index (χ1n) is 8.00. The largest absolute Gasteiger partial charge is 0.353 e. The van der Waals surface area contributed by atoms with Crippen LogP contribution in [0.2, 0.25) is 0 Å². The highest BCUT2D eigenvalue weighted by Crippen LogP contribution is 2.56. The highest BCUT2D eigenvalue weighted by Gasteiger charge is 2.53. The maximum atomic E-state index is 14.3. The van der Waals surface area contributed by atoms with Crippen molar-refractivity contribution in [1.29, 1.82) is 0 Å². The van der Waals surface area contributed by atoms with Crippen molar-refractivity contribution in [2.45, 2.75) is 32.1 Å². The van der Waals surface area contributed by atoms with Crippen molar-refractivity contribution in [3.05, 3.63) is 53.7 Å². The monoisotopic (exact) mass is 297 g/mol. The third-order valence-electron chi connectivity index (χ3n) is 5.16. The molecular weight excluding hydrogens is 277 g/mol. The number of benzene rings is 1. The van der Waals surface area contributed by atoms with Gasteiger partial charge >= 0.3 is 0 Å². The van der Waals surface area contributed by atoms with Gasteiger partial charge in [0.1, 0.15) is 6.33 Å². The Morgan fingerprint density at radius 2 is 1.91 bits per heavy atom. The summed E-state index contributed by atoms with van der Waals surface area (Å²) in [5, 5.41) is 0. The highest BCUT2D eigenvalue weighted by atomic mass is 19.1. The average Bonchev–Trinajstić information content (AvgIpc) is 2.47. The second-order valence-electron chi connectivity index (χ2n) is 6.68. The Balaban J connectivity index is 1.42. The van der Waals surface area contributed by atoms with Crippen LogP contribution in [0.5, 0.6) is 0 Å². The van der Waals surface area contributed by atoms with Crippen LogP contribution in [0.4, 0.5) is 10.2 Å². The van der Waals surface area contributed by atoms with E-state index in [9.17, 15) is 4.39 Å². The Morgan fingerprint density at radius 1 is 1.18 bits per heavy atom. The van der Waals surface area contributed by atoms with E-state index < -0.39 is 0 Å². The second-order valence-corrected chi connectivity index (χ2v) is 6.68. The number of halogens is 1. The second kappa shape index (κ2) is 5.04. The number of hydrogen-bond acceptors (Lipinski definition) is 3. The first-order valence-corrected chi connectivity index (χ1v) is 8.00. The van der Waals surface area contributed by atoms with Gasteiger partial charge in [-0.25, -0.2) is 14.4 Å². The molecule has 2 fully saturated rings. The molecule has 114 valence electrons. The lowest BCUT2D eigenvalue weighted by Crippen LogP contribution is -2.62. The van der Waals surface area contributed by atoms with Crippen molar-refractivity contribution in [3.8, 4) is 0 Å². The SMILES string of the molecule is CCc1ncnc(N2CC3(CC(c4ccccc4)C3)C2)c1F. The van der Waals surface area contributed by atoms with Crippen LogP contribution >= 0.6 is 0 Å². The molecule has 0 N–H and O–H groups in total. The van der Waals surface area contributed by atoms with E-state index in [0.717, 1.165) is 13.1 Å². The topological polar surface area (TPSA) is 29.0 Å². The molecule has 1 saturated heterocycles. The van der Waals surface area contributed by atoms with Crippen LogP contribution in [0.1, 0.15) is 36.9 Å². The summed E-state index contributed by atoms with van der Waals surface area (Å²) in [5.41, 5.74) is 2.33. The number of aromatic nitrogens is 2. The molecule has 4 heteroatoms. The zero-order chi connectivity index (χ0) is 15.2. The van der Waals surface area contributed by atoms with Crippen molar-refractivity contribution in [3.63, 3.8) is 0 Å². The molecule has 2 aliphatic rings. The van der Waals surface area contributed by atoms with Crippen molar-refractivity contribution < 1.29 is 4.39 Å². The molecule has 0 amide bonds. The average molecular weight is 297 g/mol. The van der Waals surface area contributed by atoms with Gasteiger partial charge in [0.25, 0.3) is 0 Å². The van der Waals surface area contributed by atoms with Gasteiger partial charge in [-0.15, -0.1) is 0 Å². The van der Waals surface area contributed by atoms with Crippen LogP contribution in [-0.4, -0.2) is 23.1 Å². The van der Waals surface area contributed by atoms with E-state index in [0.29, 0.717) is 29.3 Å². The number of anilines is 1. The van der Waals surface area contributed by atoms with Crippen LogP contribution < -0.4 is 4.90 Å². The predicted octanol–water partition coefficient (Wildman–Crippen LogP) is 3.56. The van der Waals surface area contributed by atoms with E-state index in [2.05, 4.69) is 45.2 Å². The summed E-state index contributed by atoms with van der Waals surface area (Å²) >= 11 is 0. The third kappa shape index (κ3) is 2.09. The zero-order valence-electron chi connectivity index (χ0n) is 12.8. The Labute approximate surface area is 130 Å². The minimum Gasteiger partial charge on any atom is -0.353 e. The minimum atomic E-state index is -0.237. The van der Waals surface area contributed by atoms with E-state index in [1.54, 1.807) is 0 Å². The molecule has 0 unspecified atom stereocenters. The minimum absolute atomic E-state index is 0.237. The molecule has 1 spiro atoms.